The summed E-state index contributed by atoms with van der Waals surface area (Å²) in [6.07, 6.45) is 2.12. The van der Waals surface area contributed by atoms with Gasteiger partial charge in [-0.15, -0.1) is 11.8 Å². The number of rotatable bonds is 5. The molecule has 1 aromatic rings. The van der Waals surface area contributed by atoms with Crippen molar-refractivity contribution in [2.24, 2.45) is 0 Å². The van der Waals surface area contributed by atoms with Crippen molar-refractivity contribution in [1.29, 1.82) is 0 Å². The molecule has 0 fully saturated rings. The summed E-state index contributed by atoms with van der Waals surface area (Å²) in [4.78, 5) is 11.8. The van der Waals surface area contributed by atoms with Crippen LogP contribution in [0.4, 0.5) is 4.39 Å². The summed E-state index contributed by atoms with van der Waals surface area (Å²) < 4.78 is 13.5. The van der Waals surface area contributed by atoms with Gasteiger partial charge in [-0.25, -0.2) is 4.39 Å². The van der Waals surface area contributed by atoms with Gasteiger partial charge in [0.25, 0.3) is 0 Å². The number of carbonyl (C=O) groups is 1. The Morgan fingerprint density at radius 3 is 2.80 bits per heavy atom. The van der Waals surface area contributed by atoms with Crippen LogP contribution < -0.4 is 0 Å². The minimum atomic E-state index is -0.288. The van der Waals surface area contributed by atoms with Gasteiger partial charge in [-0.1, -0.05) is 25.5 Å². The molecule has 0 atom stereocenters. The summed E-state index contributed by atoms with van der Waals surface area (Å²) in [7, 11) is 0. The highest BCUT2D eigenvalue weighted by molar-refractivity contribution is 7.99. The molecule has 0 aromatic heterocycles. The summed E-state index contributed by atoms with van der Waals surface area (Å²) in [6.45, 7) is 3.56. The van der Waals surface area contributed by atoms with E-state index in [-0.39, 0.29) is 11.6 Å². The van der Waals surface area contributed by atoms with Gasteiger partial charge >= 0.3 is 0 Å². The highest BCUT2D eigenvalue weighted by Crippen LogP contribution is 2.27. The topological polar surface area (TPSA) is 17.1 Å². The van der Waals surface area contributed by atoms with Gasteiger partial charge in [0.2, 0.25) is 0 Å². The summed E-state index contributed by atoms with van der Waals surface area (Å²) in [5, 5.41) is 0. The van der Waals surface area contributed by atoms with E-state index in [2.05, 4.69) is 6.92 Å². The third kappa shape index (κ3) is 3.34. The number of halogens is 1. The Morgan fingerprint density at radius 1 is 1.47 bits per heavy atom. The Kier molecular flexibility index (Phi) is 4.82. The number of ketones is 1. The lowest BCUT2D eigenvalue weighted by Gasteiger charge is -2.07. The molecule has 0 saturated heterocycles. The first-order valence-electron chi connectivity index (χ1n) is 5.09. The quantitative estimate of drug-likeness (QED) is 0.430. The van der Waals surface area contributed by atoms with Crippen molar-refractivity contribution in [3.63, 3.8) is 0 Å². The SMILES string of the molecule is CCCCSc1c(F)cccc1C(C)=O. The number of benzene rings is 1. The molecule has 0 amide bonds. The van der Waals surface area contributed by atoms with E-state index in [0.717, 1.165) is 18.6 Å². The van der Waals surface area contributed by atoms with Gasteiger partial charge in [0.1, 0.15) is 5.82 Å². The fourth-order valence-corrected chi connectivity index (χ4v) is 2.46. The van der Waals surface area contributed by atoms with E-state index in [4.69, 9.17) is 0 Å². The van der Waals surface area contributed by atoms with Crippen LogP contribution >= 0.6 is 11.8 Å². The van der Waals surface area contributed by atoms with Gasteiger partial charge in [-0.2, -0.15) is 0 Å². The summed E-state index contributed by atoms with van der Waals surface area (Å²) in [6, 6.07) is 4.66. The molecular formula is C12H15FOS. The molecule has 0 unspecified atom stereocenters. The third-order valence-electron chi connectivity index (χ3n) is 2.09. The number of unbranched alkanes of at least 4 members (excludes halogenated alkanes) is 1. The van der Waals surface area contributed by atoms with E-state index >= 15 is 0 Å². The van der Waals surface area contributed by atoms with Crippen molar-refractivity contribution in [3.8, 4) is 0 Å². The number of carbonyl (C=O) groups excluding carboxylic acids is 1. The first kappa shape index (κ1) is 12.2. The Hall–Kier alpha value is -0.830. The average molecular weight is 226 g/mol. The zero-order valence-corrected chi connectivity index (χ0v) is 9.86. The van der Waals surface area contributed by atoms with Gasteiger partial charge in [0, 0.05) is 5.56 Å². The molecule has 0 spiro atoms. The van der Waals surface area contributed by atoms with Crippen LogP contribution in [0, 0.1) is 5.82 Å². The molecule has 1 aromatic carbocycles. The Bertz CT molecular complexity index is 349. The maximum atomic E-state index is 13.5. The van der Waals surface area contributed by atoms with Crippen LogP contribution in [0.25, 0.3) is 0 Å². The maximum Gasteiger partial charge on any atom is 0.161 e. The van der Waals surface area contributed by atoms with Crippen LogP contribution in [0.1, 0.15) is 37.0 Å². The first-order valence-corrected chi connectivity index (χ1v) is 6.07. The second-order valence-electron chi connectivity index (χ2n) is 3.37. The zero-order valence-electron chi connectivity index (χ0n) is 9.05. The first-order chi connectivity index (χ1) is 7.16. The molecule has 0 aliphatic rings. The molecule has 1 rings (SSSR count). The molecule has 82 valence electrons. The van der Waals surface area contributed by atoms with Gasteiger partial charge < -0.3 is 0 Å². The lowest BCUT2D eigenvalue weighted by atomic mass is 10.1. The monoisotopic (exact) mass is 226 g/mol. The largest absolute Gasteiger partial charge is 0.294 e. The fraction of sp³-hybridized carbons (Fsp3) is 0.417. The van der Waals surface area contributed by atoms with E-state index < -0.39 is 0 Å². The molecule has 1 nitrogen and oxygen atoms in total. The van der Waals surface area contributed by atoms with E-state index in [9.17, 15) is 9.18 Å². The second-order valence-corrected chi connectivity index (χ2v) is 4.48. The maximum absolute atomic E-state index is 13.5. The molecule has 0 aliphatic carbocycles. The minimum Gasteiger partial charge on any atom is -0.294 e. The molecule has 0 bridgehead atoms. The number of Topliss-reactive ketones (excluding diaryl/α,β-unsaturated/α-hetero) is 1. The summed E-state index contributed by atoms with van der Waals surface area (Å²) >= 11 is 1.43. The number of thioether (sulfide) groups is 1. The Morgan fingerprint density at radius 2 is 2.20 bits per heavy atom. The molecule has 0 radical (unpaired) electrons. The third-order valence-corrected chi connectivity index (χ3v) is 3.29. The Labute approximate surface area is 94.1 Å². The van der Waals surface area contributed by atoms with Crippen LogP contribution in [-0.2, 0) is 0 Å². The average Bonchev–Trinajstić information content (AvgIpc) is 2.20. The molecular weight excluding hydrogens is 211 g/mol. The molecule has 0 N–H and O–H groups in total. The van der Waals surface area contributed by atoms with Gasteiger partial charge in [0.15, 0.2) is 5.78 Å². The molecule has 15 heavy (non-hydrogen) atoms. The van der Waals surface area contributed by atoms with Crippen molar-refractivity contribution in [2.75, 3.05) is 5.75 Å². The van der Waals surface area contributed by atoms with Crippen molar-refractivity contribution in [1.82, 2.24) is 0 Å². The second kappa shape index (κ2) is 5.91. The van der Waals surface area contributed by atoms with Gasteiger partial charge in [-0.3, -0.25) is 4.79 Å². The van der Waals surface area contributed by atoms with Crippen LogP contribution in [0.15, 0.2) is 23.1 Å². The van der Waals surface area contributed by atoms with Crippen molar-refractivity contribution >= 4 is 17.5 Å². The van der Waals surface area contributed by atoms with Crippen molar-refractivity contribution in [2.45, 2.75) is 31.6 Å². The van der Waals surface area contributed by atoms with E-state index in [1.54, 1.807) is 12.1 Å². The standard InChI is InChI=1S/C12H15FOS/c1-3-4-8-15-12-10(9(2)14)6-5-7-11(12)13/h5-7H,3-4,8H2,1-2H3. The summed E-state index contributed by atoms with van der Waals surface area (Å²) in [5.41, 5.74) is 0.496. The normalized spacial score (nSPS) is 10.3. The highest BCUT2D eigenvalue weighted by Gasteiger charge is 2.11. The fourth-order valence-electron chi connectivity index (χ4n) is 1.25. The predicted octanol–water partition coefficient (Wildman–Crippen LogP) is 3.92. The molecule has 0 saturated carbocycles. The number of hydrogen-bond acceptors (Lipinski definition) is 2. The molecule has 0 heterocycles. The molecule has 0 aliphatic heterocycles. The van der Waals surface area contributed by atoms with Crippen LogP contribution in [0.5, 0.6) is 0 Å². The van der Waals surface area contributed by atoms with Gasteiger partial charge in [-0.05, 0) is 25.2 Å². The van der Waals surface area contributed by atoms with Crippen molar-refractivity contribution in [3.05, 3.63) is 29.6 Å². The van der Waals surface area contributed by atoms with E-state index in [1.165, 1.54) is 24.8 Å². The predicted molar refractivity (Wildman–Crippen MR) is 62.0 cm³/mol. The van der Waals surface area contributed by atoms with Crippen LogP contribution in [0.3, 0.4) is 0 Å². The van der Waals surface area contributed by atoms with Gasteiger partial charge in [0.05, 0.1) is 4.90 Å². The van der Waals surface area contributed by atoms with E-state index in [1.807, 2.05) is 0 Å². The summed E-state index contributed by atoms with van der Waals surface area (Å²) in [5.74, 6) is 0.495. The molecule has 3 heteroatoms. The van der Waals surface area contributed by atoms with Crippen molar-refractivity contribution < 1.29 is 9.18 Å². The highest BCUT2D eigenvalue weighted by atomic mass is 32.2. The lowest BCUT2D eigenvalue weighted by Crippen LogP contribution is -1.98. The lowest BCUT2D eigenvalue weighted by molar-refractivity contribution is 0.101. The Balaban J connectivity index is 2.87. The van der Waals surface area contributed by atoms with Crippen LogP contribution in [0.2, 0.25) is 0 Å². The van der Waals surface area contributed by atoms with Crippen LogP contribution in [-0.4, -0.2) is 11.5 Å². The number of hydrogen-bond donors (Lipinski definition) is 0. The smallest absolute Gasteiger partial charge is 0.161 e. The van der Waals surface area contributed by atoms with E-state index in [0.29, 0.717) is 10.5 Å². The minimum absolute atomic E-state index is 0.0755. The zero-order chi connectivity index (χ0) is 11.3.